The summed E-state index contributed by atoms with van der Waals surface area (Å²) in [5, 5.41) is 0. The highest BCUT2D eigenvalue weighted by molar-refractivity contribution is 5.76. The molecule has 0 amide bonds. The van der Waals surface area contributed by atoms with Crippen molar-refractivity contribution in [1.29, 1.82) is 0 Å². The summed E-state index contributed by atoms with van der Waals surface area (Å²) >= 11 is 0. The summed E-state index contributed by atoms with van der Waals surface area (Å²) in [6, 6.07) is 0. The second-order valence-corrected chi connectivity index (χ2v) is 9.94. The minimum atomic E-state index is -10.4. The third-order valence-corrected chi connectivity index (χ3v) is 6.30. The predicted molar refractivity (Wildman–Crippen MR) is 92.4 cm³/mol. The van der Waals surface area contributed by atoms with Gasteiger partial charge in [-0.1, -0.05) is 0 Å². The molecule has 0 radical (unpaired) electrons. The number of halogens is 36. The Hall–Kier alpha value is -3.05. The number of carbonyl (C=O) groups is 1. The molecule has 0 rings (SSSR count). The summed E-state index contributed by atoms with van der Waals surface area (Å²) < 4.78 is 479. The van der Waals surface area contributed by atoms with Crippen molar-refractivity contribution in [3.63, 3.8) is 0 Å². The van der Waals surface area contributed by atoms with E-state index >= 15 is 0 Å². The SMILES string of the molecule is O=C(OC(F)(F)C(F)(F)C(F)(F)C(F)(F)C(F)(F)C(F)(F)C(F)(F)C(F)(F)C(F)(F)C(F)(F)C(F)(F)C(F)(F)C(F)(F)C(F)(F)C(F)(F)C(F)(F)F)C(F)(F)F. The van der Waals surface area contributed by atoms with Crippen molar-refractivity contribution >= 4 is 5.97 Å². The fraction of sp³-hybridized carbons (Fsp3) is 0.944. The zero-order valence-corrected chi connectivity index (χ0v) is 23.4. The van der Waals surface area contributed by atoms with Crippen LogP contribution in [0.15, 0.2) is 0 Å². The maximum absolute atomic E-state index is 13.8. The van der Waals surface area contributed by atoms with Crippen LogP contribution in [-0.4, -0.2) is 107 Å². The second-order valence-electron chi connectivity index (χ2n) is 9.94. The van der Waals surface area contributed by atoms with Crippen molar-refractivity contribution in [2.24, 2.45) is 0 Å². The molecule has 0 saturated carbocycles. The third kappa shape index (κ3) is 6.22. The first-order valence-electron chi connectivity index (χ1n) is 11.4. The first-order chi connectivity index (χ1) is 23.4. The Kier molecular flexibility index (Phi) is 12.0. The number of alkyl halides is 36. The van der Waals surface area contributed by atoms with E-state index in [9.17, 15) is 163 Å². The van der Waals surface area contributed by atoms with Crippen molar-refractivity contribution in [2.45, 2.75) is 101 Å². The predicted octanol–water partition coefficient (Wildman–Crippen LogP) is 11.1. The Morgan fingerprint density at radius 1 is 0.232 bits per heavy atom. The van der Waals surface area contributed by atoms with Crippen LogP contribution in [0.5, 0.6) is 0 Å². The first-order valence-corrected chi connectivity index (χ1v) is 11.4. The van der Waals surface area contributed by atoms with Crippen LogP contribution in [-0.2, 0) is 9.53 Å². The highest BCUT2D eigenvalue weighted by atomic mass is 19.4. The van der Waals surface area contributed by atoms with E-state index in [4.69, 9.17) is 0 Å². The highest BCUT2D eigenvalue weighted by Crippen LogP contribution is 2.70. The molecule has 0 N–H and O–H groups in total. The molecule has 0 aliphatic carbocycles. The van der Waals surface area contributed by atoms with Crippen LogP contribution in [0.3, 0.4) is 0 Å². The number of ether oxygens (including phenoxy) is 1. The van der Waals surface area contributed by atoms with Crippen molar-refractivity contribution in [2.75, 3.05) is 0 Å². The molecule has 0 aliphatic rings. The van der Waals surface area contributed by atoms with Crippen LogP contribution in [0.4, 0.5) is 158 Å². The summed E-state index contributed by atoms with van der Waals surface area (Å²) in [7, 11) is 0. The second kappa shape index (κ2) is 12.7. The Bertz CT molecular complexity index is 1450. The quantitative estimate of drug-likeness (QED) is 0.121. The molecule has 0 fully saturated rings. The molecular weight excluding hydrogens is 932 g/mol. The summed E-state index contributed by atoms with van der Waals surface area (Å²) in [5.41, 5.74) is 0. The van der Waals surface area contributed by atoms with Crippen molar-refractivity contribution in [1.82, 2.24) is 0 Å². The van der Waals surface area contributed by atoms with Crippen LogP contribution in [0.1, 0.15) is 0 Å². The lowest BCUT2D eigenvalue weighted by Crippen LogP contribution is -2.80. The van der Waals surface area contributed by atoms with E-state index in [-0.39, 0.29) is 0 Å². The van der Waals surface area contributed by atoms with Crippen LogP contribution < -0.4 is 0 Å². The van der Waals surface area contributed by atoms with E-state index in [1.807, 2.05) is 0 Å². The van der Waals surface area contributed by atoms with Crippen LogP contribution in [0.2, 0.25) is 0 Å². The molecule has 0 aromatic carbocycles. The van der Waals surface area contributed by atoms with Crippen molar-refractivity contribution < 1.29 is 168 Å². The average Bonchev–Trinajstić information content (AvgIpc) is 2.94. The number of carbonyl (C=O) groups excluding carboxylic acids is 1. The molecule has 0 aromatic rings. The van der Waals surface area contributed by atoms with E-state index in [1.165, 1.54) is 4.74 Å². The maximum Gasteiger partial charge on any atom is 0.491 e. The number of rotatable bonds is 15. The molecule has 2 nitrogen and oxygen atoms in total. The van der Waals surface area contributed by atoms with Gasteiger partial charge in [-0.2, -0.15) is 158 Å². The minimum Gasteiger partial charge on any atom is -0.389 e. The Labute approximate surface area is 276 Å². The van der Waals surface area contributed by atoms with Crippen molar-refractivity contribution in [3.05, 3.63) is 0 Å². The summed E-state index contributed by atoms with van der Waals surface area (Å²) in [4.78, 5) is 10.2. The van der Waals surface area contributed by atoms with Gasteiger partial charge in [-0.25, -0.2) is 4.79 Å². The monoisotopic (exact) mass is 932 g/mol. The van der Waals surface area contributed by atoms with Gasteiger partial charge >= 0.3 is 107 Å². The highest BCUT2D eigenvalue weighted by Gasteiger charge is 3.02. The molecule has 0 heterocycles. The average molecular weight is 932 g/mol. The number of hydrogen-bond donors (Lipinski definition) is 0. The van der Waals surface area contributed by atoms with E-state index in [0.717, 1.165) is 0 Å². The Balaban J connectivity index is 7.72. The first kappa shape index (κ1) is 53.0. The fourth-order valence-corrected chi connectivity index (χ4v) is 2.97. The van der Waals surface area contributed by atoms with Gasteiger partial charge in [-0.3, -0.25) is 0 Å². The van der Waals surface area contributed by atoms with Gasteiger partial charge in [-0.05, 0) is 0 Å². The largest absolute Gasteiger partial charge is 0.491 e. The van der Waals surface area contributed by atoms with Crippen LogP contribution in [0, 0.1) is 0 Å². The Morgan fingerprint density at radius 3 is 0.518 bits per heavy atom. The smallest absolute Gasteiger partial charge is 0.389 e. The van der Waals surface area contributed by atoms with Gasteiger partial charge in [0.15, 0.2) is 0 Å². The molecule has 0 saturated heterocycles. The standard InChI is InChI=1S/C18F36O2/c19-2(20,21)1(55)56-18(53,54)16(48,49)14(44,45)12(40,41)10(36,37)8(32,33)6(28,29)4(24,25)3(22,23)5(26,27)7(30,31)9(34,35)11(38,39)13(42,43)15(46,47)17(50,51)52. The van der Waals surface area contributed by atoms with E-state index in [1.54, 1.807) is 0 Å². The van der Waals surface area contributed by atoms with E-state index < -0.39 is 107 Å². The molecule has 0 spiro atoms. The fourth-order valence-electron chi connectivity index (χ4n) is 2.97. The molecule has 0 aromatic heterocycles. The van der Waals surface area contributed by atoms with Gasteiger partial charge in [0.05, 0.1) is 0 Å². The molecule has 0 bridgehead atoms. The molecular formula is C18F36O2. The van der Waals surface area contributed by atoms with Gasteiger partial charge in [0.2, 0.25) is 0 Å². The van der Waals surface area contributed by atoms with Crippen LogP contribution >= 0.6 is 0 Å². The van der Waals surface area contributed by atoms with Crippen LogP contribution in [0.25, 0.3) is 0 Å². The summed E-state index contributed by atoms with van der Waals surface area (Å²) in [6.45, 7) is 0. The number of hydrogen-bond acceptors (Lipinski definition) is 2. The van der Waals surface area contributed by atoms with E-state index in [0.29, 0.717) is 0 Å². The summed E-state index contributed by atoms with van der Waals surface area (Å²) in [5.74, 6) is -144. The van der Waals surface area contributed by atoms with Crippen molar-refractivity contribution in [3.8, 4) is 0 Å². The molecule has 0 atom stereocenters. The minimum absolute atomic E-state index is 1.22. The van der Waals surface area contributed by atoms with Gasteiger partial charge in [-0.15, -0.1) is 0 Å². The number of esters is 1. The summed E-state index contributed by atoms with van der Waals surface area (Å²) in [6.07, 6.45) is -24.1. The third-order valence-electron chi connectivity index (χ3n) is 6.30. The molecule has 56 heavy (non-hydrogen) atoms. The topological polar surface area (TPSA) is 26.3 Å². The molecule has 38 heteroatoms. The lowest BCUT2D eigenvalue weighted by molar-refractivity contribution is -0.494. The lowest BCUT2D eigenvalue weighted by atomic mass is 9.83. The molecule has 336 valence electrons. The normalized spacial score (nSPS) is 17.0. The zero-order valence-electron chi connectivity index (χ0n) is 23.4. The molecule has 0 aliphatic heterocycles. The van der Waals surface area contributed by atoms with Gasteiger partial charge in [0, 0.05) is 0 Å². The van der Waals surface area contributed by atoms with Gasteiger partial charge < -0.3 is 4.74 Å². The van der Waals surface area contributed by atoms with Gasteiger partial charge in [0.25, 0.3) is 0 Å². The Morgan fingerprint density at radius 2 is 0.375 bits per heavy atom. The zero-order chi connectivity index (χ0) is 46.8. The van der Waals surface area contributed by atoms with E-state index in [2.05, 4.69) is 0 Å². The maximum atomic E-state index is 13.8. The van der Waals surface area contributed by atoms with Gasteiger partial charge in [0.1, 0.15) is 0 Å². The molecule has 0 unspecified atom stereocenters. The lowest BCUT2D eigenvalue weighted by Gasteiger charge is -2.46.